The lowest BCUT2D eigenvalue weighted by Crippen LogP contribution is -2.19. The summed E-state index contributed by atoms with van der Waals surface area (Å²) in [6, 6.07) is 13.0. The van der Waals surface area contributed by atoms with Gasteiger partial charge in [-0.25, -0.2) is 3.97 Å². The van der Waals surface area contributed by atoms with E-state index in [-0.39, 0.29) is 38.0 Å². The Morgan fingerprint density at radius 3 is 2.30 bits per heavy atom. The van der Waals surface area contributed by atoms with E-state index in [1.807, 2.05) is 13.0 Å². The van der Waals surface area contributed by atoms with Crippen LogP contribution in [0.25, 0.3) is 43.6 Å². The minimum absolute atomic E-state index is 0.0504. The second kappa shape index (κ2) is 6.01. The van der Waals surface area contributed by atoms with Crippen molar-refractivity contribution in [3.8, 4) is 0 Å². The van der Waals surface area contributed by atoms with Gasteiger partial charge in [-0.1, -0.05) is 23.8 Å². The lowest BCUT2D eigenvalue weighted by atomic mass is 10.0. The van der Waals surface area contributed by atoms with Gasteiger partial charge in [0.2, 0.25) is 0 Å². The molecule has 0 radical (unpaired) electrons. The van der Waals surface area contributed by atoms with Gasteiger partial charge in [-0.05, 0) is 49.7 Å². The molecule has 5 aromatic rings. The molecule has 8 heteroatoms. The number of H-pyrrole nitrogens is 1. The smallest absolute Gasteiger partial charge is 0.354 e. The predicted molar refractivity (Wildman–Crippen MR) is 118 cm³/mol. The van der Waals surface area contributed by atoms with Crippen LogP contribution in [0.15, 0.2) is 58.1 Å². The van der Waals surface area contributed by atoms with Gasteiger partial charge in [0.15, 0.2) is 10.9 Å². The van der Waals surface area contributed by atoms with Crippen LogP contribution in [0.1, 0.15) is 11.1 Å². The first kappa shape index (κ1) is 18.5. The summed E-state index contributed by atoms with van der Waals surface area (Å²) in [5, 5.41) is 0.966. The zero-order chi connectivity index (χ0) is 21.4. The molecule has 0 aliphatic carbocycles. The average molecular weight is 420 g/mol. The number of rotatable bonds is 1. The fraction of sp³-hybridized carbons (Fsp3) is 0.0909. The fourth-order valence-electron chi connectivity index (χ4n) is 4.10. The van der Waals surface area contributed by atoms with Crippen molar-refractivity contribution < 1.29 is 13.0 Å². The van der Waals surface area contributed by atoms with Crippen LogP contribution in [0.4, 0.5) is 0 Å². The molecule has 2 heterocycles. The Bertz CT molecular complexity index is 1780. The molecule has 0 unspecified atom stereocenters. The molecule has 0 fully saturated rings. The van der Waals surface area contributed by atoms with Crippen LogP contribution in [0.2, 0.25) is 0 Å². The van der Waals surface area contributed by atoms with Crippen LogP contribution in [0.3, 0.4) is 0 Å². The number of aryl methyl sites for hydroxylation is 2. The van der Waals surface area contributed by atoms with Gasteiger partial charge in [-0.15, -0.1) is 0 Å². The van der Waals surface area contributed by atoms with E-state index in [2.05, 4.69) is 4.98 Å². The molecular weight excluding hydrogens is 404 g/mol. The van der Waals surface area contributed by atoms with Crippen LogP contribution < -0.4 is 10.9 Å². The minimum Gasteiger partial charge on any atom is -0.354 e. The second-order valence-electron chi connectivity index (χ2n) is 7.46. The molecule has 0 aliphatic rings. The van der Waals surface area contributed by atoms with Gasteiger partial charge in [0.1, 0.15) is 0 Å². The van der Waals surface area contributed by atoms with Crippen molar-refractivity contribution in [2.24, 2.45) is 0 Å². The van der Waals surface area contributed by atoms with Crippen molar-refractivity contribution in [2.75, 3.05) is 0 Å². The summed E-state index contributed by atoms with van der Waals surface area (Å²) in [6.45, 7) is 3.57. The first-order chi connectivity index (χ1) is 14.2. The molecule has 0 spiro atoms. The third-order valence-electron chi connectivity index (χ3n) is 5.46. The number of aromatic amines is 1. The fourth-order valence-corrected chi connectivity index (χ4v) is 4.90. The highest BCUT2D eigenvalue weighted by Crippen LogP contribution is 2.26. The third-order valence-corrected chi connectivity index (χ3v) is 6.32. The van der Waals surface area contributed by atoms with E-state index >= 15 is 0 Å². The van der Waals surface area contributed by atoms with E-state index in [0.29, 0.717) is 26.0 Å². The Hall–Kier alpha value is -3.49. The second-order valence-corrected chi connectivity index (χ2v) is 8.72. The maximum absolute atomic E-state index is 13.2. The van der Waals surface area contributed by atoms with E-state index in [4.69, 9.17) is 0 Å². The van der Waals surface area contributed by atoms with E-state index in [0.717, 1.165) is 5.56 Å². The van der Waals surface area contributed by atoms with Crippen molar-refractivity contribution in [3.63, 3.8) is 0 Å². The molecular formula is C22H16N2O5S. The average Bonchev–Trinajstić information content (AvgIpc) is 2.67. The molecule has 3 aromatic carbocycles. The van der Waals surface area contributed by atoms with Crippen molar-refractivity contribution in [1.29, 1.82) is 0 Å². The highest BCUT2D eigenvalue weighted by Gasteiger charge is 2.21. The molecule has 2 aromatic heterocycles. The molecule has 150 valence electrons. The van der Waals surface area contributed by atoms with E-state index in [1.54, 1.807) is 31.2 Å². The van der Waals surface area contributed by atoms with Crippen LogP contribution in [0, 0.1) is 13.8 Å². The standard InChI is InChI=1S/C22H16N2O5S/c1-11-6-7-16-13(8-11)21(25)14-10-19-15(9-17(14)23-16)22(26)20-12(2)4-3-5-18(20)24(19)30(27,28)29/h3-10H,1-2H3,(H,23,25)(H,27,28,29). The van der Waals surface area contributed by atoms with Crippen molar-refractivity contribution in [2.45, 2.75) is 13.8 Å². The predicted octanol–water partition coefficient (Wildman–Crippen LogP) is 3.42. The zero-order valence-corrected chi connectivity index (χ0v) is 16.9. The van der Waals surface area contributed by atoms with Crippen molar-refractivity contribution in [3.05, 3.63) is 80.1 Å². The lowest BCUT2D eigenvalue weighted by Gasteiger charge is -2.14. The molecule has 5 rings (SSSR count). The molecule has 0 bridgehead atoms. The number of aromatic nitrogens is 2. The SMILES string of the molecule is Cc1ccc2[nH]c3cc4c(=O)c5c(C)cccc5n(S(=O)(=O)O)c4cc3c(=O)c2c1. The summed E-state index contributed by atoms with van der Waals surface area (Å²) in [5.74, 6) is 0. The molecule has 0 amide bonds. The Balaban J connectivity index is 2.13. The lowest BCUT2D eigenvalue weighted by molar-refractivity contribution is 0.476. The molecule has 2 N–H and O–H groups in total. The summed E-state index contributed by atoms with van der Waals surface area (Å²) in [5.41, 5.74) is 1.87. The summed E-state index contributed by atoms with van der Waals surface area (Å²) in [7, 11) is -4.75. The van der Waals surface area contributed by atoms with Crippen molar-refractivity contribution >= 4 is 53.9 Å². The highest BCUT2D eigenvalue weighted by atomic mass is 32.2. The Labute approximate surface area is 170 Å². The van der Waals surface area contributed by atoms with Gasteiger partial charge < -0.3 is 4.98 Å². The quantitative estimate of drug-likeness (QED) is 0.319. The number of nitrogens with one attached hydrogen (secondary N) is 1. The summed E-state index contributed by atoms with van der Waals surface area (Å²) in [6.07, 6.45) is 0. The Morgan fingerprint density at radius 2 is 1.57 bits per heavy atom. The Morgan fingerprint density at radius 1 is 0.833 bits per heavy atom. The van der Waals surface area contributed by atoms with Gasteiger partial charge in [-0.2, -0.15) is 8.42 Å². The monoisotopic (exact) mass is 420 g/mol. The van der Waals surface area contributed by atoms with Gasteiger partial charge in [-0.3, -0.25) is 14.1 Å². The Kier molecular flexibility index (Phi) is 3.71. The number of nitrogens with zero attached hydrogens (tertiary/aromatic N) is 1. The van der Waals surface area contributed by atoms with Gasteiger partial charge >= 0.3 is 10.3 Å². The third kappa shape index (κ3) is 2.51. The van der Waals surface area contributed by atoms with Crippen LogP contribution >= 0.6 is 0 Å². The van der Waals surface area contributed by atoms with E-state index in [1.165, 1.54) is 18.2 Å². The van der Waals surface area contributed by atoms with E-state index in [9.17, 15) is 22.6 Å². The molecule has 0 aliphatic heterocycles. The first-order valence-electron chi connectivity index (χ1n) is 9.19. The number of benzene rings is 3. The molecule has 0 atom stereocenters. The highest BCUT2D eigenvalue weighted by molar-refractivity contribution is 7.84. The summed E-state index contributed by atoms with van der Waals surface area (Å²) >= 11 is 0. The normalized spacial score (nSPS) is 12.4. The van der Waals surface area contributed by atoms with E-state index < -0.39 is 10.3 Å². The van der Waals surface area contributed by atoms with Gasteiger partial charge in [0, 0.05) is 21.7 Å². The molecule has 0 saturated heterocycles. The van der Waals surface area contributed by atoms with Crippen LogP contribution in [-0.4, -0.2) is 21.9 Å². The van der Waals surface area contributed by atoms with Gasteiger partial charge in [0.05, 0.1) is 21.9 Å². The van der Waals surface area contributed by atoms with Crippen LogP contribution in [0.5, 0.6) is 0 Å². The topological polar surface area (TPSA) is 109 Å². The largest absolute Gasteiger partial charge is 0.364 e. The number of hydrogen-bond acceptors (Lipinski definition) is 4. The number of fused-ring (bicyclic) bond motifs is 4. The first-order valence-corrected chi connectivity index (χ1v) is 10.6. The maximum atomic E-state index is 13.2. The molecule has 7 nitrogen and oxygen atoms in total. The zero-order valence-electron chi connectivity index (χ0n) is 16.1. The van der Waals surface area contributed by atoms with Crippen molar-refractivity contribution in [1.82, 2.24) is 8.96 Å². The number of hydrogen-bond donors (Lipinski definition) is 2. The number of pyridine rings is 2. The van der Waals surface area contributed by atoms with Crippen LogP contribution in [-0.2, 0) is 10.3 Å². The van der Waals surface area contributed by atoms with Gasteiger partial charge in [0.25, 0.3) is 0 Å². The summed E-state index contributed by atoms with van der Waals surface area (Å²) < 4.78 is 35.3. The minimum atomic E-state index is -4.75. The molecule has 30 heavy (non-hydrogen) atoms. The maximum Gasteiger partial charge on any atom is 0.364 e. The summed E-state index contributed by atoms with van der Waals surface area (Å²) in [4.78, 5) is 29.5. The molecule has 0 saturated carbocycles.